The van der Waals surface area contributed by atoms with Crippen LogP contribution >= 0.6 is 0 Å². The van der Waals surface area contributed by atoms with Crippen molar-refractivity contribution in [2.75, 3.05) is 12.1 Å². The minimum atomic E-state index is -0.500. The van der Waals surface area contributed by atoms with Crippen LogP contribution in [0.25, 0.3) is 0 Å². The van der Waals surface area contributed by atoms with E-state index < -0.39 is 11.9 Å². The Bertz CT molecular complexity index is 842. The Balaban J connectivity index is 1.75. The van der Waals surface area contributed by atoms with Gasteiger partial charge >= 0.3 is 5.97 Å². The predicted molar refractivity (Wildman–Crippen MR) is 96.5 cm³/mol. The fraction of sp³-hybridized carbons (Fsp3) is 0.158. The van der Waals surface area contributed by atoms with Crippen molar-refractivity contribution in [2.24, 2.45) is 16.0 Å². The number of nitrogens with zero attached hydrogens (tertiary/aromatic N) is 3. The SMILES string of the molecule is COC(=O)c1ccc(N=C[C@@H]2C(=O)N(c3ccccc3)N=C2C)cc1. The predicted octanol–water partition coefficient (Wildman–Crippen LogP) is 3.21. The Hall–Kier alpha value is -3.28. The van der Waals surface area contributed by atoms with E-state index in [0.29, 0.717) is 17.0 Å². The van der Waals surface area contributed by atoms with E-state index in [9.17, 15) is 9.59 Å². The minimum Gasteiger partial charge on any atom is -0.465 e. The van der Waals surface area contributed by atoms with Crippen LogP contribution in [0.4, 0.5) is 11.4 Å². The number of carbonyl (C=O) groups excluding carboxylic acids is 2. The Morgan fingerprint density at radius 3 is 2.48 bits per heavy atom. The summed E-state index contributed by atoms with van der Waals surface area (Å²) in [7, 11) is 1.33. The van der Waals surface area contributed by atoms with Crippen molar-refractivity contribution in [3.63, 3.8) is 0 Å². The molecular formula is C19H17N3O3. The average molecular weight is 335 g/mol. The zero-order valence-electron chi connectivity index (χ0n) is 13.9. The number of anilines is 1. The lowest BCUT2D eigenvalue weighted by Gasteiger charge is -2.12. The van der Waals surface area contributed by atoms with Crippen molar-refractivity contribution >= 4 is 35.2 Å². The van der Waals surface area contributed by atoms with Gasteiger partial charge in [-0.05, 0) is 43.3 Å². The van der Waals surface area contributed by atoms with Crippen LogP contribution in [0.5, 0.6) is 0 Å². The van der Waals surface area contributed by atoms with Crippen LogP contribution in [0.3, 0.4) is 0 Å². The molecule has 1 aliphatic heterocycles. The van der Waals surface area contributed by atoms with Crippen molar-refractivity contribution in [1.82, 2.24) is 0 Å². The quantitative estimate of drug-likeness (QED) is 0.636. The van der Waals surface area contributed by atoms with Crippen LogP contribution in [0, 0.1) is 5.92 Å². The molecule has 1 amide bonds. The molecule has 25 heavy (non-hydrogen) atoms. The molecule has 0 N–H and O–H groups in total. The number of esters is 1. The second kappa shape index (κ2) is 7.09. The molecule has 2 aromatic carbocycles. The highest BCUT2D eigenvalue weighted by molar-refractivity contribution is 6.23. The van der Waals surface area contributed by atoms with E-state index in [1.165, 1.54) is 12.1 Å². The van der Waals surface area contributed by atoms with Gasteiger partial charge in [0.25, 0.3) is 5.91 Å². The van der Waals surface area contributed by atoms with Gasteiger partial charge in [-0.3, -0.25) is 9.79 Å². The minimum absolute atomic E-state index is 0.140. The Kier molecular flexibility index (Phi) is 4.70. The molecule has 0 radical (unpaired) electrons. The number of ether oxygens (including phenoxy) is 1. The summed E-state index contributed by atoms with van der Waals surface area (Å²) < 4.78 is 4.66. The van der Waals surface area contributed by atoms with Gasteiger partial charge in [-0.1, -0.05) is 18.2 Å². The fourth-order valence-corrected chi connectivity index (χ4v) is 2.47. The van der Waals surface area contributed by atoms with Gasteiger partial charge in [-0.15, -0.1) is 0 Å². The normalized spacial score (nSPS) is 17.0. The summed E-state index contributed by atoms with van der Waals surface area (Å²) in [5.74, 6) is -1.04. The lowest BCUT2D eigenvalue weighted by molar-refractivity contribution is -0.118. The topological polar surface area (TPSA) is 71.3 Å². The van der Waals surface area contributed by atoms with Gasteiger partial charge in [0.15, 0.2) is 0 Å². The molecule has 1 atom stereocenters. The van der Waals surface area contributed by atoms with E-state index in [1.807, 2.05) is 30.3 Å². The van der Waals surface area contributed by atoms with Gasteiger partial charge in [-0.25, -0.2) is 4.79 Å². The number of hydrogen-bond donors (Lipinski definition) is 0. The van der Waals surface area contributed by atoms with Gasteiger partial charge in [-0.2, -0.15) is 10.1 Å². The molecule has 0 unspecified atom stereocenters. The molecule has 6 nitrogen and oxygen atoms in total. The summed E-state index contributed by atoms with van der Waals surface area (Å²) in [5, 5.41) is 5.73. The molecule has 126 valence electrons. The molecule has 1 heterocycles. The highest BCUT2D eigenvalue weighted by Crippen LogP contribution is 2.23. The second-order valence-electron chi connectivity index (χ2n) is 5.52. The molecule has 1 aliphatic rings. The van der Waals surface area contributed by atoms with E-state index in [4.69, 9.17) is 0 Å². The molecule has 0 aromatic heterocycles. The summed E-state index contributed by atoms with van der Waals surface area (Å²) in [4.78, 5) is 28.3. The summed E-state index contributed by atoms with van der Waals surface area (Å²) in [5.41, 5.74) is 2.51. The number of rotatable bonds is 4. The summed E-state index contributed by atoms with van der Waals surface area (Å²) in [6.45, 7) is 1.80. The molecule has 0 fully saturated rings. The Labute approximate surface area is 145 Å². The van der Waals surface area contributed by atoms with Crippen molar-refractivity contribution in [1.29, 1.82) is 0 Å². The summed E-state index contributed by atoms with van der Waals surface area (Å²) in [6, 6.07) is 15.9. The third-order valence-electron chi connectivity index (χ3n) is 3.84. The summed E-state index contributed by atoms with van der Waals surface area (Å²) in [6.07, 6.45) is 1.58. The standard InChI is InChI=1S/C19H17N3O3/c1-13-17(18(23)22(21-13)16-6-4-3-5-7-16)12-20-15-10-8-14(9-11-15)19(24)25-2/h3-12,17H,1-2H3/t17-/m0/s1. The smallest absolute Gasteiger partial charge is 0.337 e. The first kappa shape index (κ1) is 16.6. The molecular weight excluding hydrogens is 318 g/mol. The van der Waals surface area contributed by atoms with Crippen LogP contribution in [0.2, 0.25) is 0 Å². The number of amides is 1. The van der Waals surface area contributed by atoms with Gasteiger partial charge in [0.1, 0.15) is 5.92 Å². The average Bonchev–Trinajstić information content (AvgIpc) is 2.94. The van der Waals surface area contributed by atoms with Crippen LogP contribution in [0.1, 0.15) is 17.3 Å². The molecule has 0 spiro atoms. The Morgan fingerprint density at radius 1 is 1.16 bits per heavy atom. The van der Waals surface area contributed by atoms with E-state index in [0.717, 1.165) is 5.69 Å². The van der Waals surface area contributed by atoms with Crippen LogP contribution in [-0.2, 0) is 9.53 Å². The van der Waals surface area contributed by atoms with E-state index in [1.54, 1.807) is 37.4 Å². The van der Waals surface area contributed by atoms with Crippen molar-refractivity contribution in [3.8, 4) is 0 Å². The van der Waals surface area contributed by atoms with Gasteiger partial charge in [0, 0.05) is 6.21 Å². The van der Waals surface area contributed by atoms with Gasteiger partial charge in [0.2, 0.25) is 0 Å². The fourth-order valence-electron chi connectivity index (χ4n) is 2.47. The molecule has 3 rings (SSSR count). The lowest BCUT2D eigenvalue weighted by Crippen LogP contribution is -2.27. The Morgan fingerprint density at radius 2 is 1.84 bits per heavy atom. The first-order valence-corrected chi connectivity index (χ1v) is 7.77. The number of hydrazone groups is 1. The van der Waals surface area contributed by atoms with Gasteiger partial charge < -0.3 is 4.74 Å². The molecule has 0 bridgehead atoms. The van der Waals surface area contributed by atoms with E-state index >= 15 is 0 Å². The number of methoxy groups -OCH3 is 1. The highest BCUT2D eigenvalue weighted by atomic mass is 16.5. The number of carbonyl (C=O) groups is 2. The maximum Gasteiger partial charge on any atom is 0.337 e. The van der Waals surface area contributed by atoms with Gasteiger partial charge in [0.05, 0.1) is 29.8 Å². The number of hydrogen-bond acceptors (Lipinski definition) is 5. The number of para-hydroxylation sites is 1. The molecule has 0 saturated heterocycles. The number of benzene rings is 2. The maximum atomic E-state index is 12.6. The molecule has 0 aliphatic carbocycles. The zero-order chi connectivity index (χ0) is 17.8. The lowest BCUT2D eigenvalue weighted by atomic mass is 10.1. The van der Waals surface area contributed by atoms with E-state index in [-0.39, 0.29) is 5.91 Å². The first-order chi connectivity index (χ1) is 12.1. The van der Waals surface area contributed by atoms with Crippen LogP contribution in [0.15, 0.2) is 64.7 Å². The molecule has 6 heteroatoms. The summed E-state index contributed by atoms with van der Waals surface area (Å²) >= 11 is 0. The van der Waals surface area contributed by atoms with Crippen molar-refractivity contribution < 1.29 is 14.3 Å². The van der Waals surface area contributed by atoms with Crippen molar-refractivity contribution in [2.45, 2.75) is 6.92 Å². The molecule has 0 saturated carbocycles. The highest BCUT2D eigenvalue weighted by Gasteiger charge is 2.33. The van der Waals surface area contributed by atoms with E-state index in [2.05, 4.69) is 14.8 Å². The zero-order valence-corrected chi connectivity index (χ0v) is 13.9. The largest absolute Gasteiger partial charge is 0.465 e. The monoisotopic (exact) mass is 335 g/mol. The molecule has 2 aromatic rings. The maximum absolute atomic E-state index is 12.6. The van der Waals surface area contributed by atoms with Crippen LogP contribution in [-0.4, -0.2) is 30.9 Å². The van der Waals surface area contributed by atoms with Crippen LogP contribution < -0.4 is 5.01 Å². The third-order valence-corrected chi connectivity index (χ3v) is 3.84. The first-order valence-electron chi connectivity index (χ1n) is 7.77. The van der Waals surface area contributed by atoms with Crippen molar-refractivity contribution in [3.05, 3.63) is 60.2 Å². The number of aliphatic imine (C=N–C) groups is 1. The second-order valence-corrected chi connectivity index (χ2v) is 5.52. The third kappa shape index (κ3) is 3.47.